The molecule has 0 saturated heterocycles. The average molecular weight is 1050 g/mol. The molecule has 0 saturated carbocycles. The Kier molecular flexibility index (Phi) is 63.0. The highest BCUT2D eigenvalue weighted by Gasteiger charge is 2.20. The van der Waals surface area contributed by atoms with Crippen molar-refractivity contribution in [1.29, 1.82) is 0 Å². The van der Waals surface area contributed by atoms with E-state index in [-0.39, 0.29) is 18.5 Å². The quantitative estimate of drug-likeness (QED) is 0.0320. The van der Waals surface area contributed by atoms with Crippen LogP contribution in [0.3, 0.4) is 0 Å². The third-order valence-corrected chi connectivity index (χ3v) is 15.7. The molecule has 0 aliphatic rings. The van der Waals surface area contributed by atoms with Crippen molar-refractivity contribution in [3.05, 3.63) is 36.5 Å². The number of amides is 1. The Morgan fingerprint density at radius 3 is 1.05 bits per heavy atom. The van der Waals surface area contributed by atoms with E-state index < -0.39 is 12.1 Å². The normalized spacial score (nSPS) is 12.7. The van der Waals surface area contributed by atoms with Gasteiger partial charge in [0, 0.05) is 12.8 Å². The Balaban J connectivity index is 3.40. The molecular formula is C69H131NO5. The van der Waals surface area contributed by atoms with Gasteiger partial charge in [0.25, 0.3) is 0 Å². The van der Waals surface area contributed by atoms with E-state index in [9.17, 15) is 19.8 Å². The molecule has 0 radical (unpaired) electrons. The second kappa shape index (κ2) is 64.6. The summed E-state index contributed by atoms with van der Waals surface area (Å²) in [5.74, 6) is -0.0328. The molecule has 0 aromatic heterocycles. The second-order valence-corrected chi connectivity index (χ2v) is 23.1. The van der Waals surface area contributed by atoms with Gasteiger partial charge in [-0.05, 0) is 83.5 Å². The number of rotatable bonds is 63. The molecule has 0 heterocycles. The third-order valence-electron chi connectivity index (χ3n) is 15.7. The lowest BCUT2D eigenvalue weighted by Crippen LogP contribution is -2.45. The first-order valence-electron chi connectivity index (χ1n) is 33.7. The van der Waals surface area contributed by atoms with E-state index in [0.29, 0.717) is 25.9 Å². The number of aliphatic hydroxyl groups is 2. The zero-order chi connectivity index (χ0) is 54.3. The van der Waals surface area contributed by atoms with Crippen LogP contribution in [-0.2, 0) is 14.3 Å². The van der Waals surface area contributed by atoms with Gasteiger partial charge < -0.3 is 20.3 Å². The molecule has 0 fully saturated rings. The average Bonchev–Trinajstić information content (AvgIpc) is 3.41. The number of allylic oxidation sites excluding steroid dienone is 6. The lowest BCUT2D eigenvalue weighted by molar-refractivity contribution is -0.143. The molecule has 1 amide bonds. The van der Waals surface area contributed by atoms with Crippen LogP contribution < -0.4 is 5.32 Å². The summed E-state index contributed by atoms with van der Waals surface area (Å²) < 4.78 is 5.50. The summed E-state index contributed by atoms with van der Waals surface area (Å²) in [6.07, 6.45) is 81.7. The van der Waals surface area contributed by atoms with Crippen molar-refractivity contribution in [3.63, 3.8) is 0 Å². The Bertz CT molecular complexity index is 1210. The summed E-state index contributed by atoms with van der Waals surface area (Å²) in [4.78, 5) is 24.6. The molecule has 6 nitrogen and oxygen atoms in total. The smallest absolute Gasteiger partial charge is 0.305 e. The summed E-state index contributed by atoms with van der Waals surface area (Å²) in [5, 5.41) is 23.3. The molecule has 0 aromatic carbocycles. The maximum atomic E-state index is 12.5. The Hall–Kier alpha value is -1.92. The van der Waals surface area contributed by atoms with Crippen LogP contribution in [0.25, 0.3) is 0 Å². The summed E-state index contributed by atoms with van der Waals surface area (Å²) in [5.41, 5.74) is 0. The van der Waals surface area contributed by atoms with Crippen LogP contribution in [0.15, 0.2) is 36.5 Å². The summed E-state index contributed by atoms with van der Waals surface area (Å²) in [6, 6.07) is -0.547. The molecule has 75 heavy (non-hydrogen) atoms. The number of unbranched alkanes of at least 4 members (excludes halogenated alkanes) is 46. The van der Waals surface area contributed by atoms with Gasteiger partial charge in [0.05, 0.1) is 25.4 Å². The predicted octanol–water partition coefficient (Wildman–Crippen LogP) is 21.5. The van der Waals surface area contributed by atoms with Gasteiger partial charge in [-0.2, -0.15) is 0 Å². The SMILES string of the molecule is CCCCC/C=C\C/C=C\CCCCCCCCCCCC(=O)OCCCCCCCCCCCCC/C=C\CCCCCCCCCC(=O)NC(CO)C(O)CCCCCCCCCCCCCCCCCCC. The van der Waals surface area contributed by atoms with Gasteiger partial charge in [-0.3, -0.25) is 9.59 Å². The van der Waals surface area contributed by atoms with E-state index in [1.54, 1.807) is 0 Å². The van der Waals surface area contributed by atoms with Crippen molar-refractivity contribution in [2.24, 2.45) is 0 Å². The molecule has 0 rings (SSSR count). The van der Waals surface area contributed by atoms with Gasteiger partial charge in [0.2, 0.25) is 5.91 Å². The van der Waals surface area contributed by atoms with E-state index in [2.05, 4.69) is 55.6 Å². The Morgan fingerprint density at radius 1 is 0.373 bits per heavy atom. The molecule has 442 valence electrons. The number of nitrogens with one attached hydrogen (secondary N) is 1. The van der Waals surface area contributed by atoms with Crippen molar-refractivity contribution in [2.75, 3.05) is 13.2 Å². The van der Waals surface area contributed by atoms with Crippen molar-refractivity contribution >= 4 is 11.9 Å². The molecule has 0 aliphatic heterocycles. The molecule has 0 spiro atoms. The maximum Gasteiger partial charge on any atom is 0.305 e. The first-order valence-corrected chi connectivity index (χ1v) is 33.7. The number of ether oxygens (including phenoxy) is 1. The second-order valence-electron chi connectivity index (χ2n) is 23.1. The zero-order valence-electron chi connectivity index (χ0n) is 50.5. The van der Waals surface area contributed by atoms with E-state index in [0.717, 1.165) is 51.4 Å². The van der Waals surface area contributed by atoms with Crippen LogP contribution in [0.1, 0.15) is 367 Å². The maximum absolute atomic E-state index is 12.5. The molecule has 3 N–H and O–H groups in total. The van der Waals surface area contributed by atoms with Gasteiger partial charge in [0.1, 0.15) is 0 Å². The number of hydrogen-bond acceptors (Lipinski definition) is 5. The molecule has 0 bridgehead atoms. The Labute approximate surface area is 468 Å². The number of esters is 1. The van der Waals surface area contributed by atoms with Gasteiger partial charge >= 0.3 is 5.97 Å². The predicted molar refractivity (Wildman–Crippen MR) is 329 cm³/mol. The minimum absolute atomic E-state index is 0.00666. The number of carbonyl (C=O) groups excluding carboxylic acids is 2. The van der Waals surface area contributed by atoms with E-state index in [1.807, 2.05) is 0 Å². The van der Waals surface area contributed by atoms with Crippen LogP contribution in [-0.4, -0.2) is 47.4 Å². The zero-order valence-corrected chi connectivity index (χ0v) is 50.5. The minimum Gasteiger partial charge on any atom is -0.466 e. The summed E-state index contributed by atoms with van der Waals surface area (Å²) >= 11 is 0. The monoisotopic (exact) mass is 1050 g/mol. The van der Waals surface area contributed by atoms with E-state index >= 15 is 0 Å². The molecule has 2 unspecified atom stereocenters. The van der Waals surface area contributed by atoms with Crippen LogP contribution in [0.2, 0.25) is 0 Å². The van der Waals surface area contributed by atoms with Gasteiger partial charge in [-0.15, -0.1) is 0 Å². The first-order chi connectivity index (χ1) is 37.0. The van der Waals surface area contributed by atoms with Gasteiger partial charge in [-0.25, -0.2) is 0 Å². The van der Waals surface area contributed by atoms with Crippen LogP contribution in [0.5, 0.6) is 0 Å². The minimum atomic E-state index is -0.669. The van der Waals surface area contributed by atoms with Crippen LogP contribution in [0, 0.1) is 0 Å². The van der Waals surface area contributed by atoms with Crippen molar-refractivity contribution < 1.29 is 24.5 Å². The highest BCUT2D eigenvalue weighted by atomic mass is 16.5. The number of aliphatic hydroxyl groups excluding tert-OH is 2. The molecule has 0 aliphatic carbocycles. The molecule has 6 heteroatoms. The van der Waals surface area contributed by atoms with Gasteiger partial charge in [0.15, 0.2) is 0 Å². The van der Waals surface area contributed by atoms with Crippen LogP contribution >= 0.6 is 0 Å². The van der Waals surface area contributed by atoms with E-state index in [1.165, 1.54) is 283 Å². The molecule has 0 aromatic rings. The molecule has 2 atom stereocenters. The van der Waals surface area contributed by atoms with Crippen LogP contribution in [0.4, 0.5) is 0 Å². The largest absolute Gasteiger partial charge is 0.466 e. The van der Waals surface area contributed by atoms with Crippen molar-refractivity contribution in [3.8, 4) is 0 Å². The third kappa shape index (κ3) is 61.2. The fraction of sp³-hybridized carbons (Fsp3) is 0.884. The van der Waals surface area contributed by atoms with Gasteiger partial charge in [-0.1, -0.05) is 307 Å². The highest BCUT2D eigenvalue weighted by Crippen LogP contribution is 2.18. The lowest BCUT2D eigenvalue weighted by Gasteiger charge is -2.22. The lowest BCUT2D eigenvalue weighted by atomic mass is 10.0. The number of carbonyl (C=O) groups is 2. The first kappa shape index (κ1) is 73.1. The fourth-order valence-corrected chi connectivity index (χ4v) is 10.5. The van der Waals surface area contributed by atoms with E-state index in [4.69, 9.17) is 4.74 Å². The number of hydrogen-bond donors (Lipinski definition) is 3. The summed E-state index contributed by atoms with van der Waals surface area (Å²) in [6.45, 7) is 4.95. The Morgan fingerprint density at radius 2 is 0.667 bits per heavy atom. The van der Waals surface area contributed by atoms with Crippen molar-refractivity contribution in [1.82, 2.24) is 5.32 Å². The fourth-order valence-electron chi connectivity index (χ4n) is 10.5. The highest BCUT2D eigenvalue weighted by molar-refractivity contribution is 5.76. The standard InChI is InChI=1S/C69H131NO5/c1-3-5-7-9-11-13-15-17-19-21-26-31-35-39-43-47-51-55-59-63-69(74)75-64-60-56-52-48-44-40-36-32-28-25-23-22-24-27-30-34-38-42-46-50-54-58-62-68(73)70-66(65-71)67(72)61-57-53-49-45-41-37-33-29-20-18-16-14-12-10-8-6-4-2/h11,13,17,19,24,27,66-67,71-72H,3-10,12,14-16,18,20-23,25-26,28-65H2,1-2H3,(H,70,73)/b13-11-,19-17-,27-24-. The summed E-state index contributed by atoms with van der Waals surface area (Å²) in [7, 11) is 0. The topological polar surface area (TPSA) is 95.9 Å². The van der Waals surface area contributed by atoms with Crippen molar-refractivity contribution in [2.45, 2.75) is 379 Å². The molecular weight excluding hydrogens is 923 g/mol.